The third kappa shape index (κ3) is 3.44. The molecule has 2 N–H and O–H groups in total. The van der Waals surface area contributed by atoms with Crippen LogP contribution >= 0.6 is 0 Å². The third-order valence-corrected chi connectivity index (χ3v) is 6.96. The molecule has 4 rings (SSSR count). The summed E-state index contributed by atoms with van der Waals surface area (Å²) in [6.07, 6.45) is 3.19. The van der Waals surface area contributed by atoms with E-state index in [0.717, 1.165) is 34.1 Å². The van der Waals surface area contributed by atoms with E-state index in [9.17, 15) is 14.4 Å². The number of imide groups is 1. The zero-order valence-corrected chi connectivity index (χ0v) is 17.8. The first-order valence-electron chi connectivity index (χ1n) is 10.7. The van der Waals surface area contributed by atoms with Crippen LogP contribution in [0.15, 0.2) is 42.5 Å². The van der Waals surface area contributed by atoms with Crippen molar-refractivity contribution in [3.63, 3.8) is 0 Å². The molecule has 1 aliphatic carbocycles. The molecular formula is C24H29N3O3. The molecule has 158 valence electrons. The van der Waals surface area contributed by atoms with Gasteiger partial charge in [-0.05, 0) is 41.5 Å². The van der Waals surface area contributed by atoms with E-state index >= 15 is 0 Å². The summed E-state index contributed by atoms with van der Waals surface area (Å²) < 4.78 is 0. The molecule has 0 spiro atoms. The van der Waals surface area contributed by atoms with Gasteiger partial charge in [-0.2, -0.15) is 0 Å². The molecule has 6 nitrogen and oxygen atoms in total. The van der Waals surface area contributed by atoms with E-state index in [1.165, 1.54) is 6.42 Å². The first-order valence-corrected chi connectivity index (χ1v) is 10.7. The quantitative estimate of drug-likeness (QED) is 0.761. The monoisotopic (exact) mass is 407 g/mol. The Morgan fingerprint density at radius 3 is 2.67 bits per heavy atom. The number of nitrogens with one attached hydrogen (secondary N) is 2. The molecule has 0 aromatic heterocycles. The zero-order chi connectivity index (χ0) is 21.5. The SMILES string of the molecule is C[C@@H]1[C@@H](C)CCC[C@H]1NC(=O)CN1C(=O)N[C@](C)(c2cccc3ccccc23)C1=O. The first-order chi connectivity index (χ1) is 14.3. The molecule has 1 saturated heterocycles. The molecule has 0 unspecified atom stereocenters. The Hall–Kier alpha value is -2.89. The minimum atomic E-state index is -1.20. The molecule has 2 fully saturated rings. The summed E-state index contributed by atoms with van der Waals surface area (Å²) in [6, 6.07) is 13.0. The van der Waals surface area contributed by atoms with Crippen molar-refractivity contribution in [3.8, 4) is 0 Å². The van der Waals surface area contributed by atoms with Crippen LogP contribution in [0.5, 0.6) is 0 Å². The van der Waals surface area contributed by atoms with Gasteiger partial charge in [-0.15, -0.1) is 0 Å². The van der Waals surface area contributed by atoms with Crippen molar-refractivity contribution in [3.05, 3.63) is 48.0 Å². The van der Waals surface area contributed by atoms with Gasteiger partial charge in [0.05, 0.1) is 0 Å². The summed E-state index contributed by atoms with van der Waals surface area (Å²) in [6.45, 7) is 5.80. The van der Waals surface area contributed by atoms with Crippen molar-refractivity contribution in [1.82, 2.24) is 15.5 Å². The molecule has 0 bridgehead atoms. The van der Waals surface area contributed by atoms with Gasteiger partial charge in [-0.3, -0.25) is 14.5 Å². The molecular weight excluding hydrogens is 378 g/mol. The number of nitrogens with zero attached hydrogens (tertiary/aromatic N) is 1. The van der Waals surface area contributed by atoms with E-state index in [0.29, 0.717) is 11.8 Å². The minimum Gasteiger partial charge on any atom is -0.352 e. The summed E-state index contributed by atoms with van der Waals surface area (Å²) in [5, 5.41) is 7.78. The van der Waals surface area contributed by atoms with Crippen molar-refractivity contribution < 1.29 is 14.4 Å². The Balaban J connectivity index is 1.53. The summed E-state index contributed by atoms with van der Waals surface area (Å²) in [7, 11) is 0. The van der Waals surface area contributed by atoms with E-state index in [1.54, 1.807) is 6.92 Å². The molecule has 2 aromatic rings. The van der Waals surface area contributed by atoms with Gasteiger partial charge in [0, 0.05) is 6.04 Å². The van der Waals surface area contributed by atoms with Gasteiger partial charge >= 0.3 is 6.03 Å². The second kappa shape index (κ2) is 7.74. The number of benzene rings is 2. The van der Waals surface area contributed by atoms with Crippen molar-refractivity contribution in [2.75, 3.05) is 6.54 Å². The first kappa shape index (κ1) is 20.4. The highest BCUT2D eigenvalue weighted by molar-refractivity contribution is 6.10. The second-order valence-corrected chi connectivity index (χ2v) is 8.91. The fourth-order valence-electron chi connectivity index (χ4n) is 4.87. The third-order valence-electron chi connectivity index (χ3n) is 6.96. The number of hydrogen-bond acceptors (Lipinski definition) is 3. The molecule has 4 atom stereocenters. The maximum absolute atomic E-state index is 13.3. The van der Waals surface area contributed by atoms with Crippen LogP contribution in [0, 0.1) is 11.8 Å². The minimum absolute atomic E-state index is 0.0893. The Morgan fingerprint density at radius 2 is 1.87 bits per heavy atom. The number of carbonyl (C=O) groups is 3. The normalized spacial score (nSPS) is 29.2. The van der Waals surface area contributed by atoms with Gasteiger partial charge in [0.2, 0.25) is 5.91 Å². The second-order valence-electron chi connectivity index (χ2n) is 8.91. The summed E-state index contributed by atoms with van der Waals surface area (Å²) in [5.74, 6) is 0.248. The van der Waals surface area contributed by atoms with E-state index in [4.69, 9.17) is 0 Å². The van der Waals surface area contributed by atoms with Crippen molar-refractivity contribution >= 4 is 28.6 Å². The van der Waals surface area contributed by atoms with E-state index in [1.807, 2.05) is 42.5 Å². The van der Waals surface area contributed by atoms with Crippen LogP contribution < -0.4 is 10.6 Å². The van der Waals surface area contributed by atoms with E-state index in [2.05, 4.69) is 24.5 Å². The van der Waals surface area contributed by atoms with Crippen LogP contribution in [0.2, 0.25) is 0 Å². The Labute approximate surface area is 177 Å². The molecule has 4 amide bonds. The van der Waals surface area contributed by atoms with Crippen molar-refractivity contribution in [2.45, 2.75) is 51.6 Å². The Bertz CT molecular complexity index is 999. The number of rotatable bonds is 4. The van der Waals surface area contributed by atoms with Gasteiger partial charge < -0.3 is 10.6 Å². The lowest BCUT2D eigenvalue weighted by atomic mass is 9.78. The van der Waals surface area contributed by atoms with Gasteiger partial charge in [-0.25, -0.2) is 4.79 Å². The highest BCUT2D eigenvalue weighted by atomic mass is 16.2. The van der Waals surface area contributed by atoms with Crippen LogP contribution in [0.25, 0.3) is 10.8 Å². The van der Waals surface area contributed by atoms with Gasteiger partial charge in [0.1, 0.15) is 12.1 Å². The Morgan fingerprint density at radius 1 is 1.13 bits per heavy atom. The molecule has 2 aliphatic rings. The molecule has 1 aliphatic heterocycles. The smallest absolute Gasteiger partial charge is 0.325 e. The summed E-state index contributed by atoms with van der Waals surface area (Å²) in [5.41, 5.74) is -0.471. The van der Waals surface area contributed by atoms with Gasteiger partial charge in [0.25, 0.3) is 5.91 Å². The standard InChI is InChI=1S/C24H29N3O3/c1-15-8-6-13-20(16(15)2)25-21(28)14-27-22(29)24(3,26-23(27)30)19-12-7-10-17-9-4-5-11-18(17)19/h4-5,7,9-12,15-16,20H,6,8,13-14H2,1-3H3,(H,25,28)(H,26,30)/t15-,16+,20+,24+/m0/s1. The molecule has 6 heteroatoms. The lowest BCUT2D eigenvalue weighted by molar-refractivity contribution is -0.135. The molecule has 2 aromatic carbocycles. The average Bonchev–Trinajstić information content (AvgIpc) is 2.95. The number of amides is 4. The van der Waals surface area contributed by atoms with Crippen LogP contribution in [0.1, 0.15) is 45.6 Å². The van der Waals surface area contributed by atoms with Crippen LogP contribution in [0.3, 0.4) is 0 Å². The average molecular weight is 408 g/mol. The largest absolute Gasteiger partial charge is 0.352 e. The highest BCUT2D eigenvalue weighted by Crippen LogP contribution is 2.34. The number of fused-ring (bicyclic) bond motifs is 1. The fourth-order valence-corrected chi connectivity index (χ4v) is 4.87. The van der Waals surface area contributed by atoms with Crippen LogP contribution in [0.4, 0.5) is 4.79 Å². The van der Waals surface area contributed by atoms with Crippen LogP contribution in [-0.4, -0.2) is 35.3 Å². The van der Waals surface area contributed by atoms with Gasteiger partial charge in [0.15, 0.2) is 0 Å². The fraction of sp³-hybridized carbons (Fsp3) is 0.458. The molecule has 1 saturated carbocycles. The topological polar surface area (TPSA) is 78.5 Å². The van der Waals surface area contributed by atoms with Crippen LogP contribution in [-0.2, 0) is 15.1 Å². The van der Waals surface area contributed by atoms with Gasteiger partial charge in [-0.1, -0.05) is 69.2 Å². The predicted octanol–water partition coefficient (Wildman–Crippen LogP) is 3.55. The number of urea groups is 1. The summed E-state index contributed by atoms with van der Waals surface area (Å²) in [4.78, 5) is 39.7. The number of carbonyl (C=O) groups excluding carboxylic acids is 3. The van der Waals surface area contributed by atoms with Crippen molar-refractivity contribution in [1.29, 1.82) is 0 Å². The molecule has 0 radical (unpaired) electrons. The number of hydrogen-bond donors (Lipinski definition) is 2. The molecule has 1 heterocycles. The predicted molar refractivity (Wildman–Crippen MR) is 116 cm³/mol. The van der Waals surface area contributed by atoms with E-state index in [-0.39, 0.29) is 18.5 Å². The van der Waals surface area contributed by atoms with E-state index < -0.39 is 17.5 Å². The van der Waals surface area contributed by atoms with Crippen molar-refractivity contribution in [2.24, 2.45) is 11.8 Å². The lowest BCUT2D eigenvalue weighted by Gasteiger charge is -2.34. The summed E-state index contributed by atoms with van der Waals surface area (Å²) >= 11 is 0. The lowest BCUT2D eigenvalue weighted by Crippen LogP contribution is -2.49. The Kier molecular flexibility index (Phi) is 5.26. The maximum atomic E-state index is 13.3. The highest BCUT2D eigenvalue weighted by Gasteiger charge is 2.50. The molecule has 30 heavy (non-hydrogen) atoms. The maximum Gasteiger partial charge on any atom is 0.325 e. The zero-order valence-electron chi connectivity index (χ0n) is 17.8.